The SMILES string of the molecule is COc1cc([N+](=O)[O-])ccc1-n1c(C)cc(/C=N\NC(=O)c2ccc3c(c2)OCO3)c1C. The maximum absolute atomic E-state index is 12.4. The molecular formula is C22H20N4O6. The lowest BCUT2D eigenvalue weighted by molar-refractivity contribution is -0.384. The number of fused-ring (bicyclic) bond motifs is 1. The van der Waals surface area contributed by atoms with Gasteiger partial charge in [0.05, 0.1) is 30.0 Å². The van der Waals surface area contributed by atoms with E-state index in [2.05, 4.69) is 10.5 Å². The number of benzene rings is 2. The summed E-state index contributed by atoms with van der Waals surface area (Å²) in [6.07, 6.45) is 1.54. The third-order valence-electron chi connectivity index (χ3n) is 5.09. The van der Waals surface area contributed by atoms with Crippen LogP contribution in [0, 0.1) is 24.0 Å². The highest BCUT2D eigenvalue weighted by atomic mass is 16.7. The molecule has 10 nitrogen and oxygen atoms in total. The molecule has 164 valence electrons. The lowest BCUT2D eigenvalue weighted by atomic mass is 10.2. The minimum absolute atomic E-state index is 0.0546. The number of hydrogen-bond donors (Lipinski definition) is 1. The Morgan fingerprint density at radius 1 is 1.19 bits per heavy atom. The number of non-ortho nitro benzene ring substituents is 1. The van der Waals surface area contributed by atoms with Gasteiger partial charge in [-0.1, -0.05) is 0 Å². The number of nitro groups is 1. The number of rotatable bonds is 6. The molecule has 2 aromatic carbocycles. The van der Waals surface area contributed by atoms with Crippen molar-refractivity contribution in [3.8, 4) is 22.9 Å². The van der Waals surface area contributed by atoms with E-state index in [1.165, 1.54) is 19.2 Å². The summed E-state index contributed by atoms with van der Waals surface area (Å²) in [4.78, 5) is 23.0. The molecule has 0 saturated heterocycles. The lowest BCUT2D eigenvalue weighted by Crippen LogP contribution is -2.17. The van der Waals surface area contributed by atoms with Gasteiger partial charge in [0, 0.05) is 28.6 Å². The largest absolute Gasteiger partial charge is 0.494 e. The van der Waals surface area contributed by atoms with Crippen LogP contribution in [0.1, 0.15) is 27.3 Å². The Kier molecular flexibility index (Phi) is 5.50. The normalized spacial score (nSPS) is 12.2. The summed E-state index contributed by atoms with van der Waals surface area (Å²) in [5, 5.41) is 15.1. The van der Waals surface area contributed by atoms with Gasteiger partial charge in [-0.3, -0.25) is 14.9 Å². The molecule has 4 rings (SSSR count). The molecule has 0 bridgehead atoms. The van der Waals surface area contributed by atoms with E-state index in [4.69, 9.17) is 14.2 Å². The molecule has 0 spiro atoms. The van der Waals surface area contributed by atoms with E-state index in [0.717, 1.165) is 17.0 Å². The molecule has 1 aliphatic rings. The topological polar surface area (TPSA) is 117 Å². The van der Waals surface area contributed by atoms with Gasteiger partial charge in [0.15, 0.2) is 11.5 Å². The molecule has 0 aliphatic carbocycles. The van der Waals surface area contributed by atoms with Crippen molar-refractivity contribution in [2.24, 2.45) is 5.10 Å². The van der Waals surface area contributed by atoms with Gasteiger partial charge in [-0.05, 0) is 44.2 Å². The molecule has 0 fully saturated rings. The molecule has 1 aliphatic heterocycles. The summed E-state index contributed by atoms with van der Waals surface area (Å²) in [6, 6.07) is 11.2. The number of nitro benzene ring substituents is 1. The molecule has 1 N–H and O–H groups in total. The molecule has 2 heterocycles. The van der Waals surface area contributed by atoms with Crippen LogP contribution in [0.3, 0.4) is 0 Å². The number of hydrazone groups is 1. The summed E-state index contributed by atoms with van der Waals surface area (Å²) < 4.78 is 17.8. The fourth-order valence-corrected chi connectivity index (χ4v) is 3.52. The Labute approximate surface area is 183 Å². The smallest absolute Gasteiger partial charge is 0.273 e. The van der Waals surface area contributed by atoms with Gasteiger partial charge in [0.2, 0.25) is 6.79 Å². The first kappa shape index (κ1) is 20.9. The second-order valence-electron chi connectivity index (χ2n) is 7.04. The first-order chi connectivity index (χ1) is 15.4. The van der Waals surface area contributed by atoms with Crippen LogP contribution >= 0.6 is 0 Å². The molecular weight excluding hydrogens is 416 g/mol. The standard InChI is InChI=1S/C22H20N4O6/c1-13-8-16(11-23-24-22(27)15-4-7-19-21(9-15)32-12-31-19)14(2)25(13)18-6-5-17(26(28)29)10-20(18)30-3/h4-11H,12H2,1-3H3,(H,24,27)/b23-11-. The fourth-order valence-electron chi connectivity index (χ4n) is 3.52. The van der Waals surface area contributed by atoms with Crippen LogP contribution in [0.25, 0.3) is 5.69 Å². The maximum atomic E-state index is 12.4. The van der Waals surface area contributed by atoms with E-state index in [0.29, 0.717) is 28.5 Å². The van der Waals surface area contributed by atoms with E-state index in [1.807, 2.05) is 24.5 Å². The monoisotopic (exact) mass is 436 g/mol. The van der Waals surface area contributed by atoms with Gasteiger partial charge in [-0.25, -0.2) is 5.43 Å². The van der Waals surface area contributed by atoms with Crippen molar-refractivity contribution in [3.63, 3.8) is 0 Å². The lowest BCUT2D eigenvalue weighted by Gasteiger charge is -2.13. The Hall–Kier alpha value is -4.34. The molecule has 10 heteroatoms. The molecule has 1 aromatic heterocycles. The van der Waals surface area contributed by atoms with Crippen LogP contribution in [0.15, 0.2) is 47.6 Å². The Morgan fingerprint density at radius 2 is 1.97 bits per heavy atom. The Balaban J connectivity index is 1.55. The van der Waals surface area contributed by atoms with E-state index in [1.54, 1.807) is 30.5 Å². The number of carbonyl (C=O) groups excluding carboxylic acids is 1. The molecule has 0 saturated carbocycles. The van der Waals surface area contributed by atoms with Crippen molar-refractivity contribution >= 4 is 17.8 Å². The van der Waals surface area contributed by atoms with E-state index >= 15 is 0 Å². The van der Waals surface area contributed by atoms with Gasteiger partial charge in [0.25, 0.3) is 11.6 Å². The minimum atomic E-state index is -0.470. The number of methoxy groups -OCH3 is 1. The van der Waals surface area contributed by atoms with Crippen LogP contribution in [-0.4, -0.2) is 35.5 Å². The molecule has 1 amide bonds. The summed E-state index contributed by atoms with van der Waals surface area (Å²) in [7, 11) is 1.46. The quantitative estimate of drug-likeness (QED) is 0.359. The van der Waals surface area contributed by atoms with Crippen molar-refractivity contribution in [2.75, 3.05) is 13.9 Å². The van der Waals surface area contributed by atoms with E-state index in [-0.39, 0.29) is 18.4 Å². The highest BCUT2D eigenvalue weighted by molar-refractivity contribution is 5.95. The van der Waals surface area contributed by atoms with Gasteiger partial charge in [0.1, 0.15) is 5.75 Å². The van der Waals surface area contributed by atoms with Crippen LogP contribution in [-0.2, 0) is 0 Å². The second kappa shape index (κ2) is 8.42. The Morgan fingerprint density at radius 3 is 2.72 bits per heavy atom. The van der Waals surface area contributed by atoms with Crippen molar-refractivity contribution in [1.29, 1.82) is 0 Å². The third kappa shape index (κ3) is 3.85. The van der Waals surface area contributed by atoms with Gasteiger partial charge < -0.3 is 18.8 Å². The van der Waals surface area contributed by atoms with Crippen LogP contribution in [0.5, 0.6) is 17.2 Å². The van der Waals surface area contributed by atoms with Crippen molar-refractivity contribution in [2.45, 2.75) is 13.8 Å². The number of carbonyl (C=O) groups is 1. The second-order valence-corrected chi connectivity index (χ2v) is 7.04. The molecule has 3 aromatic rings. The number of nitrogens with zero attached hydrogens (tertiary/aromatic N) is 3. The predicted molar refractivity (Wildman–Crippen MR) is 116 cm³/mol. The summed E-state index contributed by atoms with van der Waals surface area (Å²) in [6.45, 7) is 3.92. The average Bonchev–Trinajstić information content (AvgIpc) is 3.36. The first-order valence-electron chi connectivity index (χ1n) is 9.64. The zero-order valence-electron chi connectivity index (χ0n) is 17.6. The first-order valence-corrected chi connectivity index (χ1v) is 9.64. The molecule has 0 unspecified atom stereocenters. The molecule has 32 heavy (non-hydrogen) atoms. The number of amides is 1. The summed E-state index contributed by atoms with van der Waals surface area (Å²) >= 11 is 0. The van der Waals surface area contributed by atoms with Crippen molar-refractivity contribution in [3.05, 3.63) is 75.1 Å². The highest BCUT2D eigenvalue weighted by Crippen LogP contribution is 2.33. The highest BCUT2D eigenvalue weighted by Gasteiger charge is 2.18. The number of hydrogen-bond acceptors (Lipinski definition) is 7. The van der Waals surface area contributed by atoms with Crippen molar-refractivity contribution < 1.29 is 23.9 Å². The summed E-state index contributed by atoms with van der Waals surface area (Å²) in [5.74, 6) is 1.10. The van der Waals surface area contributed by atoms with Crippen LogP contribution in [0.2, 0.25) is 0 Å². The Bertz CT molecular complexity index is 1250. The number of ether oxygens (including phenoxy) is 3. The molecule has 0 radical (unpaired) electrons. The van der Waals surface area contributed by atoms with E-state index in [9.17, 15) is 14.9 Å². The van der Waals surface area contributed by atoms with E-state index < -0.39 is 4.92 Å². The van der Waals surface area contributed by atoms with Gasteiger partial charge >= 0.3 is 0 Å². The zero-order chi connectivity index (χ0) is 22.8. The van der Waals surface area contributed by atoms with Crippen LogP contribution < -0.4 is 19.6 Å². The van der Waals surface area contributed by atoms with Gasteiger partial charge in [-0.2, -0.15) is 5.10 Å². The number of aryl methyl sites for hydroxylation is 1. The maximum Gasteiger partial charge on any atom is 0.273 e. The average molecular weight is 436 g/mol. The zero-order valence-corrected chi connectivity index (χ0v) is 17.6. The number of nitrogens with one attached hydrogen (secondary N) is 1. The summed E-state index contributed by atoms with van der Waals surface area (Å²) in [5.41, 5.74) is 5.98. The minimum Gasteiger partial charge on any atom is -0.494 e. The predicted octanol–water partition coefficient (Wildman–Crippen LogP) is 3.50. The van der Waals surface area contributed by atoms with Gasteiger partial charge in [-0.15, -0.1) is 0 Å². The van der Waals surface area contributed by atoms with Crippen molar-refractivity contribution in [1.82, 2.24) is 9.99 Å². The molecule has 0 atom stereocenters. The number of aromatic nitrogens is 1. The third-order valence-corrected chi connectivity index (χ3v) is 5.09. The van der Waals surface area contributed by atoms with Crippen LogP contribution in [0.4, 0.5) is 5.69 Å². The fraction of sp³-hybridized carbons (Fsp3) is 0.182.